The highest BCUT2D eigenvalue weighted by molar-refractivity contribution is 6.31. The van der Waals surface area contributed by atoms with Gasteiger partial charge in [0.25, 0.3) is 0 Å². The highest BCUT2D eigenvalue weighted by Crippen LogP contribution is 2.25. The van der Waals surface area contributed by atoms with E-state index in [0.717, 1.165) is 10.6 Å². The van der Waals surface area contributed by atoms with Crippen LogP contribution in [0.4, 0.5) is 0 Å². The van der Waals surface area contributed by atoms with Crippen molar-refractivity contribution in [1.29, 1.82) is 0 Å². The van der Waals surface area contributed by atoms with E-state index in [0.29, 0.717) is 11.8 Å². The zero-order chi connectivity index (χ0) is 9.14. The van der Waals surface area contributed by atoms with E-state index in [1.54, 1.807) is 0 Å². The Bertz CT molecular complexity index is 267. The Morgan fingerprint density at radius 2 is 2.00 bits per heavy atom. The summed E-state index contributed by atoms with van der Waals surface area (Å²) in [6, 6.07) is 5.94. The van der Waals surface area contributed by atoms with Gasteiger partial charge in [-0.25, -0.2) is 0 Å². The molecule has 0 radical (unpaired) electrons. The summed E-state index contributed by atoms with van der Waals surface area (Å²) in [7, 11) is 0. The lowest BCUT2D eigenvalue weighted by atomic mass is 10.0. The van der Waals surface area contributed by atoms with Gasteiger partial charge in [0.05, 0.1) is 0 Å². The number of halogens is 2. The summed E-state index contributed by atoms with van der Waals surface area (Å²) in [5.74, 6) is 1.01. The van der Waals surface area contributed by atoms with Crippen molar-refractivity contribution in [1.82, 2.24) is 0 Å². The Morgan fingerprint density at radius 3 is 2.50 bits per heavy atom. The Labute approximate surface area is 83.5 Å². The van der Waals surface area contributed by atoms with Crippen LogP contribution in [0.3, 0.4) is 0 Å². The van der Waals surface area contributed by atoms with Gasteiger partial charge in [0, 0.05) is 10.9 Å². The molecule has 0 atom stereocenters. The topological polar surface area (TPSA) is 0 Å². The average molecular weight is 203 g/mol. The molecule has 0 amide bonds. The summed E-state index contributed by atoms with van der Waals surface area (Å²) < 4.78 is 0. The van der Waals surface area contributed by atoms with E-state index >= 15 is 0 Å². The van der Waals surface area contributed by atoms with Crippen LogP contribution in [0.15, 0.2) is 18.2 Å². The SMILES string of the molecule is CC(C)c1cc(CCl)ccc1Cl. The van der Waals surface area contributed by atoms with Gasteiger partial charge in [0.2, 0.25) is 0 Å². The maximum atomic E-state index is 6.01. The van der Waals surface area contributed by atoms with E-state index in [9.17, 15) is 0 Å². The molecule has 1 aromatic carbocycles. The molecular weight excluding hydrogens is 191 g/mol. The van der Waals surface area contributed by atoms with Crippen LogP contribution in [0.2, 0.25) is 5.02 Å². The van der Waals surface area contributed by atoms with E-state index < -0.39 is 0 Å². The van der Waals surface area contributed by atoms with E-state index in [-0.39, 0.29) is 0 Å². The highest BCUT2D eigenvalue weighted by atomic mass is 35.5. The van der Waals surface area contributed by atoms with Gasteiger partial charge in [0.15, 0.2) is 0 Å². The minimum Gasteiger partial charge on any atom is -0.122 e. The Morgan fingerprint density at radius 1 is 1.33 bits per heavy atom. The maximum Gasteiger partial charge on any atom is 0.0474 e. The first-order chi connectivity index (χ1) is 5.65. The quantitative estimate of drug-likeness (QED) is 0.631. The number of alkyl halides is 1. The molecule has 0 unspecified atom stereocenters. The molecule has 2 heteroatoms. The van der Waals surface area contributed by atoms with Crippen LogP contribution in [-0.2, 0) is 5.88 Å². The Hall–Kier alpha value is -0.200. The van der Waals surface area contributed by atoms with Crippen molar-refractivity contribution in [3.8, 4) is 0 Å². The molecule has 0 nitrogen and oxygen atoms in total. The van der Waals surface area contributed by atoms with Crippen LogP contribution in [0.1, 0.15) is 30.9 Å². The molecule has 0 aliphatic carbocycles. The van der Waals surface area contributed by atoms with Crippen LogP contribution in [-0.4, -0.2) is 0 Å². The van der Waals surface area contributed by atoms with Crippen molar-refractivity contribution in [2.24, 2.45) is 0 Å². The van der Waals surface area contributed by atoms with E-state index in [2.05, 4.69) is 19.9 Å². The van der Waals surface area contributed by atoms with Gasteiger partial charge in [-0.15, -0.1) is 11.6 Å². The van der Waals surface area contributed by atoms with Gasteiger partial charge >= 0.3 is 0 Å². The van der Waals surface area contributed by atoms with E-state index in [4.69, 9.17) is 23.2 Å². The molecule has 0 heterocycles. The van der Waals surface area contributed by atoms with Crippen LogP contribution in [0.25, 0.3) is 0 Å². The second kappa shape index (κ2) is 4.15. The van der Waals surface area contributed by atoms with Crippen LogP contribution < -0.4 is 0 Å². The predicted molar refractivity (Wildman–Crippen MR) is 55.1 cm³/mol. The fourth-order valence-electron chi connectivity index (χ4n) is 1.12. The molecule has 0 fully saturated rings. The highest BCUT2D eigenvalue weighted by Gasteiger charge is 2.04. The van der Waals surface area contributed by atoms with Crippen LogP contribution in [0.5, 0.6) is 0 Å². The molecule has 0 aromatic heterocycles. The number of hydrogen-bond acceptors (Lipinski definition) is 0. The normalized spacial score (nSPS) is 10.8. The Kier molecular flexibility index (Phi) is 3.42. The summed E-state index contributed by atoms with van der Waals surface area (Å²) in [6.45, 7) is 4.25. The van der Waals surface area contributed by atoms with Gasteiger partial charge in [-0.3, -0.25) is 0 Å². The van der Waals surface area contributed by atoms with Crippen molar-refractivity contribution in [2.75, 3.05) is 0 Å². The van der Waals surface area contributed by atoms with Gasteiger partial charge in [-0.1, -0.05) is 37.6 Å². The second-order valence-corrected chi connectivity index (χ2v) is 3.82. The van der Waals surface area contributed by atoms with Crippen molar-refractivity contribution in [3.05, 3.63) is 34.3 Å². The van der Waals surface area contributed by atoms with Crippen molar-refractivity contribution in [2.45, 2.75) is 25.6 Å². The lowest BCUT2D eigenvalue weighted by Gasteiger charge is -2.08. The summed E-state index contributed by atoms with van der Waals surface area (Å²) in [5.41, 5.74) is 2.31. The molecular formula is C10H12Cl2. The Balaban J connectivity index is 3.08. The zero-order valence-electron chi connectivity index (χ0n) is 7.27. The minimum absolute atomic E-state index is 0.459. The van der Waals surface area contributed by atoms with Gasteiger partial charge in [-0.2, -0.15) is 0 Å². The standard InChI is InChI=1S/C10H12Cl2/c1-7(2)9-5-8(6-11)3-4-10(9)12/h3-5,7H,6H2,1-2H3. The predicted octanol–water partition coefficient (Wildman–Crippen LogP) is 4.20. The summed E-state index contributed by atoms with van der Waals surface area (Å²) in [5, 5.41) is 0.832. The van der Waals surface area contributed by atoms with Crippen LogP contribution in [0, 0.1) is 0 Å². The number of hydrogen-bond donors (Lipinski definition) is 0. The van der Waals surface area contributed by atoms with E-state index in [1.807, 2.05) is 12.1 Å². The molecule has 66 valence electrons. The average Bonchev–Trinajstić information content (AvgIpc) is 2.05. The van der Waals surface area contributed by atoms with Gasteiger partial charge in [0.1, 0.15) is 0 Å². The lowest BCUT2D eigenvalue weighted by Crippen LogP contribution is -1.90. The van der Waals surface area contributed by atoms with E-state index in [1.165, 1.54) is 5.56 Å². The fraction of sp³-hybridized carbons (Fsp3) is 0.400. The summed E-state index contributed by atoms with van der Waals surface area (Å²) in [6.07, 6.45) is 0. The molecule has 0 N–H and O–H groups in total. The molecule has 0 spiro atoms. The number of benzene rings is 1. The smallest absolute Gasteiger partial charge is 0.0474 e. The summed E-state index contributed by atoms with van der Waals surface area (Å²) >= 11 is 11.7. The zero-order valence-corrected chi connectivity index (χ0v) is 8.78. The molecule has 1 aromatic rings. The van der Waals surface area contributed by atoms with Gasteiger partial charge in [-0.05, 0) is 23.1 Å². The summed E-state index contributed by atoms with van der Waals surface area (Å²) in [4.78, 5) is 0. The first kappa shape index (κ1) is 9.88. The lowest BCUT2D eigenvalue weighted by molar-refractivity contribution is 0.865. The third-order valence-electron chi connectivity index (χ3n) is 1.84. The molecule has 1 rings (SSSR count). The second-order valence-electron chi connectivity index (χ2n) is 3.14. The first-order valence-corrected chi connectivity index (χ1v) is 4.90. The number of rotatable bonds is 2. The molecule has 0 bridgehead atoms. The molecule has 0 saturated carbocycles. The molecule has 12 heavy (non-hydrogen) atoms. The van der Waals surface area contributed by atoms with Gasteiger partial charge < -0.3 is 0 Å². The third kappa shape index (κ3) is 2.15. The third-order valence-corrected chi connectivity index (χ3v) is 2.49. The minimum atomic E-state index is 0.459. The molecule has 0 aliphatic heterocycles. The maximum absolute atomic E-state index is 6.01. The monoisotopic (exact) mass is 202 g/mol. The van der Waals surface area contributed by atoms with Crippen molar-refractivity contribution >= 4 is 23.2 Å². The van der Waals surface area contributed by atoms with Crippen molar-refractivity contribution in [3.63, 3.8) is 0 Å². The van der Waals surface area contributed by atoms with Crippen molar-refractivity contribution < 1.29 is 0 Å². The molecule has 0 saturated heterocycles. The largest absolute Gasteiger partial charge is 0.122 e. The van der Waals surface area contributed by atoms with Crippen LogP contribution >= 0.6 is 23.2 Å². The fourth-order valence-corrected chi connectivity index (χ4v) is 1.62. The molecule has 0 aliphatic rings. The first-order valence-electron chi connectivity index (χ1n) is 3.99.